The van der Waals surface area contributed by atoms with Gasteiger partial charge >= 0.3 is 5.97 Å². The number of hydrogen-bond donors (Lipinski definition) is 1. The number of benzene rings is 2. The van der Waals surface area contributed by atoms with Crippen molar-refractivity contribution in [2.45, 2.75) is 51.6 Å². The van der Waals surface area contributed by atoms with E-state index in [9.17, 15) is 14.7 Å². The van der Waals surface area contributed by atoms with E-state index < -0.39 is 5.97 Å². The summed E-state index contributed by atoms with van der Waals surface area (Å²) < 4.78 is 12.1. The largest absolute Gasteiger partial charge is 0.491 e. The summed E-state index contributed by atoms with van der Waals surface area (Å²) >= 11 is 0. The number of rotatable bonds is 7. The summed E-state index contributed by atoms with van der Waals surface area (Å²) in [4.78, 5) is 33.7. The number of hydrogen-bond acceptors (Lipinski definition) is 6. The molecule has 3 aromatic rings. The van der Waals surface area contributed by atoms with E-state index in [1.54, 1.807) is 6.07 Å². The van der Waals surface area contributed by atoms with Crippen LogP contribution in [0.4, 0.5) is 0 Å². The molecule has 8 nitrogen and oxygen atoms in total. The number of carbonyl (C=O) groups is 2. The van der Waals surface area contributed by atoms with Gasteiger partial charge in [0.05, 0.1) is 18.9 Å². The lowest BCUT2D eigenvalue weighted by molar-refractivity contribution is -0.137. The molecule has 1 aromatic heterocycles. The molecule has 5 rings (SSSR count). The van der Waals surface area contributed by atoms with Crippen LogP contribution in [0.5, 0.6) is 5.75 Å². The molecule has 0 atom stereocenters. The maximum atomic E-state index is 13.7. The molecule has 2 bridgehead atoms. The van der Waals surface area contributed by atoms with Crippen molar-refractivity contribution in [2.75, 3.05) is 39.5 Å². The first-order valence-corrected chi connectivity index (χ1v) is 15.1. The molecule has 8 heteroatoms. The zero-order valence-electron chi connectivity index (χ0n) is 24.2. The molecule has 1 amide bonds. The molecule has 42 heavy (non-hydrogen) atoms. The van der Waals surface area contributed by atoms with Gasteiger partial charge in [-0.15, -0.1) is 0 Å². The molecule has 222 valence electrons. The molecule has 2 aromatic carbocycles. The van der Waals surface area contributed by atoms with Gasteiger partial charge in [0.2, 0.25) is 0 Å². The van der Waals surface area contributed by atoms with Gasteiger partial charge in [-0.05, 0) is 65.8 Å². The number of carboxylic acids is 1. The Balaban J connectivity index is 1.37. The first-order valence-electron chi connectivity index (χ1n) is 15.1. The zero-order chi connectivity index (χ0) is 29.1. The summed E-state index contributed by atoms with van der Waals surface area (Å²) in [6.07, 6.45) is 7.98. The second-order valence-electron chi connectivity index (χ2n) is 11.4. The van der Waals surface area contributed by atoms with Crippen molar-refractivity contribution in [3.05, 3.63) is 94.8 Å². The minimum absolute atomic E-state index is 0.243. The molecular formula is C34H41N3O5. The quantitative estimate of drug-likeness (QED) is 0.417. The number of carbonyl (C=O) groups excluding carboxylic acids is 1. The third-order valence-corrected chi connectivity index (χ3v) is 8.07. The van der Waals surface area contributed by atoms with E-state index in [1.807, 2.05) is 36.5 Å². The molecule has 0 radical (unpaired) electrons. The van der Waals surface area contributed by atoms with Gasteiger partial charge in [-0.3, -0.25) is 19.5 Å². The van der Waals surface area contributed by atoms with E-state index >= 15 is 0 Å². The van der Waals surface area contributed by atoms with E-state index in [-0.39, 0.29) is 12.5 Å². The SMILES string of the molecule is O=C(O)CN(CC1CCCCC1)C(=O)c1ccc2c(c1)Cc1cccc(c1)CN(Cc1ccccn1)CCOCCO2. The molecule has 0 spiro atoms. The summed E-state index contributed by atoms with van der Waals surface area (Å²) in [7, 11) is 0. The highest BCUT2D eigenvalue weighted by Gasteiger charge is 2.24. The zero-order valence-corrected chi connectivity index (χ0v) is 24.2. The molecular weight excluding hydrogens is 530 g/mol. The van der Waals surface area contributed by atoms with E-state index in [1.165, 1.54) is 16.9 Å². The average Bonchev–Trinajstić information content (AvgIpc) is 2.99. The monoisotopic (exact) mass is 571 g/mol. The Hall–Kier alpha value is -3.75. The van der Waals surface area contributed by atoms with Gasteiger partial charge in [0.25, 0.3) is 5.91 Å². The van der Waals surface area contributed by atoms with Gasteiger partial charge < -0.3 is 19.5 Å². The minimum atomic E-state index is -0.991. The molecule has 1 fully saturated rings. The molecule has 0 unspecified atom stereocenters. The molecule has 2 aliphatic rings. The van der Waals surface area contributed by atoms with Crippen molar-refractivity contribution in [3.63, 3.8) is 0 Å². The smallest absolute Gasteiger partial charge is 0.323 e. The fraction of sp³-hybridized carbons (Fsp3) is 0.441. The lowest BCUT2D eigenvalue weighted by atomic mass is 9.89. The first kappa shape index (κ1) is 29.7. The Morgan fingerprint density at radius 3 is 2.62 bits per heavy atom. The topological polar surface area (TPSA) is 92.2 Å². The van der Waals surface area contributed by atoms with Crippen molar-refractivity contribution in [1.29, 1.82) is 0 Å². The Morgan fingerprint density at radius 2 is 1.81 bits per heavy atom. The standard InChI is InChI=1S/C34H41N3O5/c38-33(39)25-37(23-26-7-2-1-3-8-26)34(40)29-12-13-32-30(21-29)20-27-9-6-10-28(19-27)22-36(15-16-41-17-18-42-32)24-31-11-4-5-14-35-31/h4-6,9-14,19,21,26H,1-3,7-8,15-18,20,22-25H2,(H,38,39). The van der Waals surface area contributed by atoms with Crippen LogP contribution in [0, 0.1) is 5.92 Å². The van der Waals surface area contributed by atoms with Gasteiger partial charge in [-0.2, -0.15) is 0 Å². The summed E-state index contributed by atoms with van der Waals surface area (Å²) in [6.45, 7) is 3.88. The van der Waals surface area contributed by atoms with Crippen LogP contribution in [-0.4, -0.2) is 71.2 Å². The molecule has 0 saturated heterocycles. The second kappa shape index (κ2) is 14.9. The number of aliphatic carboxylic acids is 1. The summed E-state index contributed by atoms with van der Waals surface area (Å²) in [5.74, 6) is -0.170. The van der Waals surface area contributed by atoms with Crippen LogP contribution in [0.15, 0.2) is 66.9 Å². The molecule has 1 N–H and O–H groups in total. The summed E-state index contributed by atoms with van der Waals surface area (Å²) in [5.41, 5.74) is 4.72. The highest BCUT2D eigenvalue weighted by atomic mass is 16.5. The molecule has 2 heterocycles. The number of aromatic nitrogens is 1. The highest BCUT2D eigenvalue weighted by molar-refractivity contribution is 5.96. The lowest BCUT2D eigenvalue weighted by Gasteiger charge is -2.29. The Bertz CT molecular complexity index is 1330. The predicted octanol–water partition coefficient (Wildman–Crippen LogP) is 5.19. The Morgan fingerprint density at radius 1 is 0.952 bits per heavy atom. The number of nitrogens with zero attached hydrogens (tertiary/aromatic N) is 3. The van der Waals surface area contributed by atoms with E-state index in [0.29, 0.717) is 50.0 Å². The number of ether oxygens (including phenoxy) is 2. The number of pyridine rings is 1. The third-order valence-electron chi connectivity index (χ3n) is 8.07. The normalized spacial score (nSPS) is 17.0. The van der Waals surface area contributed by atoms with Crippen LogP contribution in [0.2, 0.25) is 0 Å². The van der Waals surface area contributed by atoms with Crippen molar-refractivity contribution in [1.82, 2.24) is 14.8 Å². The Kier molecular flexibility index (Phi) is 10.6. The molecule has 1 saturated carbocycles. The van der Waals surface area contributed by atoms with Crippen molar-refractivity contribution >= 4 is 11.9 Å². The van der Waals surface area contributed by atoms with Gasteiger partial charge in [0, 0.05) is 44.4 Å². The van der Waals surface area contributed by atoms with E-state index in [0.717, 1.165) is 62.1 Å². The molecule has 1 aliphatic carbocycles. The van der Waals surface area contributed by atoms with Crippen LogP contribution >= 0.6 is 0 Å². The maximum Gasteiger partial charge on any atom is 0.323 e. The third kappa shape index (κ3) is 8.63. The maximum absolute atomic E-state index is 13.7. The first-order chi connectivity index (χ1) is 20.5. The van der Waals surface area contributed by atoms with Crippen LogP contribution < -0.4 is 4.74 Å². The summed E-state index contributed by atoms with van der Waals surface area (Å²) in [5, 5.41) is 9.57. The van der Waals surface area contributed by atoms with Crippen molar-refractivity contribution in [2.24, 2.45) is 5.92 Å². The average molecular weight is 572 g/mol. The van der Waals surface area contributed by atoms with Crippen LogP contribution in [-0.2, 0) is 29.0 Å². The van der Waals surface area contributed by atoms with Gasteiger partial charge in [-0.25, -0.2) is 0 Å². The van der Waals surface area contributed by atoms with Crippen LogP contribution in [0.3, 0.4) is 0 Å². The van der Waals surface area contributed by atoms with Crippen LogP contribution in [0.25, 0.3) is 0 Å². The number of carboxylic acid groups (broad SMARTS) is 1. The molecule has 1 aliphatic heterocycles. The number of fused-ring (bicyclic) bond motifs is 3. The van der Waals surface area contributed by atoms with E-state index in [2.05, 4.69) is 34.1 Å². The second-order valence-corrected chi connectivity index (χ2v) is 11.4. The van der Waals surface area contributed by atoms with Crippen molar-refractivity contribution < 1.29 is 24.2 Å². The predicted molar refractivity (Wildman–Crippen MR) is 160 cm³/mol. The van der Waals surface area contributed by atoms with E-state index in [4.69, 9.17) is 9.47 Å². The fourth-order valence-corrected chi connectivity index (χ4v) is 6.00. The summed E-state index contributed by atoms with van der Waals surface area (Å²) in [6, 6.07) is 20.0. The highest BCUT2D eigenvalue weighted by Crippen LogP contribution is 2.28. The van der Waals surface area contributed by atoms with Crippen molar-refractivity contribution in [3.8, 4) is 5.75 Å². The van der Waals surface area contributed by atoms with Crippen LogP contribution in [0.1, 0.15) is 64.8 Å². The Labute approximate surface area is 248 Å². The number of amides is 1. The van der Waals surface area contributed by atoms with Gasteiger partial charge in [0.15, 0.2) is 0 Å². The minimum Gasteiger partial charge on any atom is -0.491 e. The lowest BCUT2D eigenvalue weighted by Crippen LogP contribution is -2.39. The van der Waals surface area contributed by atoms with Gasteiger partial charge in [-0.1, -0.05) is 49.6 Å². The fourth-order valence-electron chi connectivity index (χ4n) is 6.00. The van der Waals surface area contributed by atoms with Gasteiger partial charge in [0.1, 0.15) is 18.9 Å².